The van der Waals surface area contributed by atoms with E-state index < -0.39 is 11.9 Å². The van der Waals surface area contributed by atoms with Crippen molar-refractivity contribution in [3.63, 3.8) is 0 Å². The summed E-state index contributed by atoms with van der Waals surface area (Å²) in [5, 5.41) is 13.7. The van der Waals surface area contributed by atoms with Crippen LogP contribution in [0.4, 0.5) is 5.69 Å². The molecule has 0 saturated carbocycles. The molecule has 0 fully saturated rings. The molecule has 1 aromatic carbocycles. The van der Waals surface area contributed by atoms with Crippen LogP contribution in [0, 0.1) is 0 Å². The number of carboxylic acids is 1. The summed E-state index contributed by atoms with van der Waals surface area (Å²) < 4.78 is 0. The minimum atomic E-state index is -1.02. The van der Waals surface area contributed by atoms with Crippen LogP contribution >= 0.6 is 0 Å². The number of rotatable bonds is 6. The van der Waals surface area contributed by atoms with Crippen molar-refractivity contribution in [1.29, 1.82) is 0 Å². The first kappa shape index (κ1) is 14.7. The molecule has 6 nitrogen and oxygen atoms in total. The molecule has 0 spiro atoms. The van der Waals surface area contributed by atoms with Gasteiger partial charge in [0.2, 0.25) is 5.91 Å². The molecule has 0 heterocycles. The van der Waals surface area contributed by atoms with Gasteiger partial charge < -0.3 is 15.7 Å². The third kappa shape index (κ3) is 5.20. The lowest BCUT2D eigenvalue weighted by Gasteiger charge is -2.07. The molecule has 0 unspecified atom stereocenters. The first-order valence-corrected chi connectivity index (χ1v) is 5.93. The van der Waals surface area contributed by atoms with E-state index in [2.05, 4.69) is 10.6 Å². The lowest BCUT2D eigenvalue weighted by molar-refractivity contribution is -0.138. The van der Waals surface area contributed by atoms with Crippen LogP contribution in [0.1, 0.15) is 30.1 Å². The van der Waals surface area contributed by atoms with Crippen LogP contribution in [-0.2, 0) is 9.59 Å². The molecular formula is C13H16N2O4. The van der Waals surface area contributed by atoms with Gasteiger partial charge in [0.05, 0.1) is 6.42 Å². The van der Waals surface area contributed by atoms with E-state index in [0.29, 0.717) is 17.8 Å². The van der Waals surface area contributed by atoms with Crippen molar-refractivity contribution < 1.29 is 19.5 Å². The van der Waals surface area contributed by atoms with E-state index in [-0.39, 0.29) is 18.7 Å². The topological polar surface area (TPSA) is 95.5 Å². The number of carbonyl (C=O) groups is 3. The fourth-order valence-electron chi connectivity index (χ4n) is 1.44. The van der Waals surface area contributed by atoms with Crippen molar-refractivity contribution in [3.8, 4) is 0 Å². The Hall–Kier alpha value is -2.37. The normalized spacial score (nSPS) is 9.74. The van der Waals surface area contributed by atoms with Gasteiger partial charge in [-0.3, -0.25) is 14.4 Å². The van der Waals surface area contributed by atoms with E-state index in [4.69, 9.17) is 5.11 Å². The van der Waals surface area contributed by atoms with Gasteiger partial charge in [0, 0.05) is 24.2 Å². The van der Waals surface area contributed by atoms with Gasteiger partial charge in [-0.1, -0.05) is 6.07 Å². The molecule has 0 aliphatic heterocycles. The first-order valence-electron chi connectivity index (χ1n) is 5.93. The van der Waals surface area contributed by atoms with Gasteiger partial charge in [-0.25, -0.2) is 0 Å². The second-order valence-corrected chi connectivity index (χ2v) is 3.88. The maximum atomic E-state index is 11.6. The van der Waals surface area contributed by atoms with Gasteiger partial charge in [0.25, 0.3) is 5.91 Å². The lowest BCUT2D eigenvalue weighted by Crippen LogP contribution is -2.22. The minimum absolute atomic E-state index is 0.0965. The SMILES string of the molecule is CCNC(=O)c1cccc(NC(=O)CCC(=O)O)c1. The average Bonchev–Trinajstić information content (AvgIpc) is 2.37. The van der Waals surface area contributed by atoms with E-state index in [1.807, 2.05) is 6.92 Å². The molecule has 0 aliphatic rings. The van der Waals surface area contributed by atoms with Crippen LogP contribution in [0.2, 0.25) is 0 Å². The molecule has 0 saturated heterocycles. The van der Waals surface area contributed by atoms with Gasteiger partial charge in [-0.05, 0) is 25.1 Å². The Morgan fingerprint density at radius 2 is 1.95 bits per heavy atom. The van der Waals surface area contributed by atoms with Crippen molar-refractivity contribution in [2.45, 2.75) is 19.8 Å². The summed E-state index contributed by atoms with van der Waals surface area (Å²) in [5.41, 5.74) is 0.914. The number of benzene rings is 1. The second kappa shape index (κ2) is 7.15. The zero-order valence-electron chi connectivity index (χ0n) is 10.6. The van der Waals surface area contributed by atoms with E-state index in [0.717, 1.165) is 0 Å². The summed E-state index contributed by atoms with van der Waals surface area (Å²) in [7, 11) is 0. The Bertz CT molecular complexity index is 485. The molecule has 102 valence electrons. The third-order valence-corrected chi connectivity index (χ3v) is 2.31. The third-order valence-electron chi connectivity index (χ3n) is 2.31. The van der Waals surface area contributed by atoms with Gasteiger partial charge in [0.1, 0.15) is 0 Å². The van der Waals surface area contributed by atoms with E-state index >= 15 is 0 Å². The smallest absolute Gasteiger partial charge is 0.303 e. The zero-order valence-corrected chi connectivity index (χ0v) is 10.6. The molecule has 0 atom stereocenters. The zero-order chi connectivity index (χ0) is 14.3. The molecule has 6 heteroatoms. The molecule has 19 heavy (non-hydrogen) atoms. The predicted octanol–water partition coefficient (Wildman–Crippen LogP) is 1.24. The lowest BCUT2D eigenvalue weighted by atomic mass is 10.2. The van der Waals surface area contributed by atoms with Crippen molar-refractivity contribution in [2.75, 3.05) is 11.9 Å². The Labute approximate surface area is 110 Å². The standard InChI is InChI=1S/C13H16N2O4/c1-2-14-13(19)9-4-3-5-10(8-9)15-11(16)6-7-12(17)18/h3-5,8H,2,6-7H2,1H3,(H,14,19)(H,15,16)(H,17,18). The maximum absolute atomic E-state index is 11.6. The first-order chi connectivity index (χ1) is 9.02. The van der Waals surface area contributed by atoms with Crippen LogP contribution in [0.3, 0.4) is 0 Å². The van der Waals surface area contributed by atoms with Crippen molar-refractivity contribution in [1.82, 2.24) is 5.32 Å². The predicted molar refractivity (Wildman–Crippen MR) is 69.9 cm³/mol. The van der Waals surface area contributed by atoms with Crippen LogP contribution < -0.4 is 10.6 Å². The number of hydrogen-bond donors (Lipinski definition) is 3. The van der Waals surface area contributed by atoms with Crippen molar-refractivity contribution >= 4 is 23.5 Å². The Morgan fingerprint density at radius 1 is 1.21 bits per heavy atom. The Balaban J connectivity index is 2.64. The molecule has 0 radical (unpaired) electrons. The van der Waals surface area contributed by atoms with Crippen LogP contribution in [-0.4, -0.2) is 29.4 Å². The van der Waals surface area contributed by atoms with Crippen molar-refractivity contribution in [2.24, 2.45) is 0 Å². The highest BCUT2D eigenvalue weighted by molar-refractivity contribution is 5.97. The Morgan fingerprint density at radius 3 is 2.58 bits per heavy atom. The molecule has 1 aromatic rings. The largest absolute Gasteiger partial charge is 0.481 e. The molecule has 0 aliphatic carbocycles. The highest BCUT2D eigenvalue weighted by Crippen LogP contribution is 2.11. The van der Waals surface area contributed by atoms with Gasteiger partial charge in [-0.15, -0.1) is 0 Å². The monoisotopic (exact) mass is 264 g/mol. The summed E-state index contributed by atoms with van der Waals surface area (Å²) in [6.07, 6.45) is -0.317. The maximum Gasteiger partial charge on any atom is 0.303 e. The number of carboxylic acid groups (broad SMARTS) is 1. The van der Waals surface area contributed by atoms with Gasteiger partial charge in [0.15, 0.2) is 0 Å². The molecule has 0 aromatic heterocycles. The fourth-order valence-corrected chi connectivity index (χ4v) is 1.44. The average molecular weight is 264 g/mol. The van der Waals surface area contributed by atoms with Gasteiger partial charge >= 0.3 is 5.97 Å². The van der Waals surface area contributed by atoms with Crippen LogP contribution in [0.15, 0.2) is 24.3 Å². The second-order valence-electron chi connectivity index (χ2n) is 3.88. The number of amides is 2. The van der Waals surface area contributed by atoms with E-state index in [1.54, 1.807) is 24.3 Å². The highest BCUT2D eigenvalue weighted by Gasteiger charge is 2.08. The number of anilines is 1. The summed E-state index contributed by atoms with van der Waals surface area (Å²) in [5.74, 6) is -1.63. The molecule has 1 rings (SSSR count). The van der Waals surface area contributed by atoms with E-state index in [1.165, 1.54) is 0 Å². The van der Waals surface area contributed by atoms with Crippen molar-refractivity contribution in [3.05, 3.63) is 29.8 Å². The highest BCUT2D eigenvalue weighted by atomic mass is 16.4. The quantitative estimate of drug-likeness (QED) is 0.720. The van der Waals surface area contributed by atoms with Crippen LogP contribution in [0.5, 0.6) is 0 Å². The molecule has 0 bridgehead atoms. The number of carbonyl (C=O) groups excluding carboxylic acids is 2. The minimum Gasteiger partial charge on any atom is -0.481 e. The fraction of sp³-hybridized carbons (Fsp3) is 0.308. The molecule has 3 N–H and O–H groups in total. The number of aliphatic carboxylic acids is 1. The van der Waals surface area contributed by atoms with Crippen LogP contribution in [0.25, 0.3) is 0 Å². The number of hydrogen-bond acceptors (Lipinski definition) is 3. The van der Waals surface area contributed by atoms with E-state index in [9.17, 15) is 14.4 Å². The summed E-state index contributed by atoms with van der Waals surface area (Å²) in [6.45, 7) is 2.34. The summed E-state index contributed by atoms with van der Waals surface area (Å²) >= 11 is 0. The molecular weight excluding hydrogens is 248 g/mol. The summed E-state index contributed by atoms with van der Waals surface area (Å²) in [4.78, 5) is 33.4. The number of nitrogens with one attached hydrogen (secondary N) is 2. The molecule has 2 amide bonds. The Kier molecular flexibility index (Phi) is 5.53. The van der Waals surface area contributed by atoms with Gasteiger partial charge in [-0.2, -0.15) is 0 Å². The summed E-state index contributed by atoms with van der Waals surface area (Å²) in [6, 6.07) is 6.47.